The van der Waals surface area contributed by atoms with Crippen molar-refractivity contribution >= 4 is 29.2 Å². The topological polar surface area (TPSA) is 116 Å². The maximum atomic E-state index is 12.2. The van der Waals surface area contributed by atoms with Gasteiger partial charge in [-0.1, -0.05) is 24.4 Å². The van der Waals surface area contributed by atoms with Crippen LogP contribution in [0.1, 0.15) is 55.9 Å². The van der Waals surface area contributed by atoms with Gasteiger partial charge in [0.05, 0.1) is 17.7 Å². The lowest BCUT2D eigenvalue weighted by Crippen LogP contribution is -2.31. The van der Waals surface area contributed by atoms with Crippen molar-refractivity contribution < 1.29 is 14.3 Å². The van der Waals surface area contributed by atoms with E-state index in [0.29, 0.717) is 48.1 Å². The Morgan fingerprint density at radius 2 is 2.09 bits per heavy atom. The minimum absolute atomic E-state index is 0.0723. The molecule has 8 nitrogen and oxygen atoms in total. The van der Waals surface area contributed by atoms with E-state index in [1.165, 1.54) is 0 Å². The Balaban J connectivity index is 1.92. The highest BCUT2D eigenvalue weighted by molar-refractivity contribution is 6.32. The van der Waals surface area contributed by atoms with E-state index in [2.05, 4.69) is 16.9 Å². The number of carbonyl (C=O) groups is 2. The molecule has 1 aliphatic heterocycles. The van der Waals surface area contributed by atoms with Crippen molar-refractivity contribution in [2.24, 2.45) is 5.73 Å². The summed E-state index contributed by atoms with van der Waals surface area (Å²) in [6, 6.07) is 5.16. The van der Waals surface area contributed by atoms with Crippen molar-refractivity contribution in [2.75, 3.05) is 25.4 Å². The van der Waals surface area contributed by atoms with Gasteiger partial charge in [-0.2, -0.15) is 5.10 Å². The summed E-state index contributed by atoms with van der Waals surface area (Å²) in [6.07, 6.45) is 3.04. The van der Waals surface area contributed by atoms with E-state index in [0.717, 1.165) is 19.3 Å². The number of aromatic nitrogens is 2. The average molecular weight is 458 g/mol. The molecule has 9 heteroatoms. The molecule has 1 fully saturated rings. The Labute approximate surface area is 192 Å². The van der Waals surface area contributed by atoms with Gasteiger partial charge in [0.25, 0.3) is 11.8 Å². The van der Waals surface area contributed by atoms with Crippen LogP contribution in [0.4, 0.5) is 5.82 Å². The SMILES string of the molecule is CC#CC(=O)N1CCC[C@H](n2nc(-c3ccc(OCCC)c(Cl)c3)c(C(N)=O)c2N)CC1. The number of nitrogens with zero attached hydrogens (tertiary/aromatic N) is 3. The van der Waals surface area contributed by atoms with Crippen LogP contribution < -0.4 is 16.2 Å². The Hall–Kier alpha value is -3.18. The molecule has 32 heavy (non-hydrogen) atoms. The van der Waals surface area contributed by atoms with Crippen molar-refractivity contribution in [3.05, 3.63) is 28.8 Å². The Morgan fingerprint density at radius 1 is 1.31 bits per heavy atom. The maximum absolute atomic E-state index is 12.2. The van der Waals surface area contributed by atoms with Gasteiger partial charge in [0.1, 0.15) is 22.8 Å². The zero-order valence-electron chi connectivity index (χ0n) is 18.4. The third kappa shape index (κ3) is 5.00. The van der Waals surface area contributed by atoms with Gasteiger partial charge >= 0.3 is 0 Å². The van der Waals surface area contributed by atoms with Crippen LogP contribution in [0.15, 0.2) is 18.2 Å². The van der Waals surface area contributed by atoms with Gasteiger partial charge in [-0.15, -0.1) is 0 Å². The van der Waals surface area contributed by atoms with Gasteiger partial charge in [-0.3, -0.25) is 9.59 Å². The minimum Gasteiger partial charge on any atom is -0.492 e. The number of hydrogen-bond donors (Lipinski definition) is 2. The number of nitrogens with two attached hydrogens (primary N) is 2. The summed E-state index contributed by atoms with van der Waals surface area (Å²) in [5.74, 6) is 5.18. The fraction of sp³-hybridized carbons (Fsp3) is 0.435. The minimum atomic E-state index is -0.658. The van der Waals surface area contributed by atoms with Crippen LogP contribution in [0.5, 0.6) is 5.75 Å². The van der Waals surface area contributed by atoms with Crippen LogP contribution in [0.2, 0.25) is 5.02 Å². The molecular formula is C23H28ClN5O3. The summed E-state index contributed by atoms with van der Waals surface area (Å²) in [5, 5.41) is 5.08. The standard InChI is InChI=1S/C23H28ClN5O3/c1-3-6-19(30)28-11-5-7-16(10-12-28)29-22(25)20(23(26)31)21(27-29)15-8-9-18(17(24)14-15)32-13-4-2/h8-9,14,16H,4-5,7,10-13,25H2,1-2H3,(H2,26,31)/t16-/m0/s1. The van der Waals surface area contributed by atoms with E-state index in [1.807, 2.05) is 6.92 Å². The predicted octanol–water partition coefficient (Wildman–Crippen LogP) is 3.25. The zero-order valence-corrected chi connectivity index (χ0v) is 19.1. The normalized spacial score (nSPS) is 16.1. The molecule has 1 aromatic carbocycles. The Bertz CT molecular complexity index is 1070. The number of nitrogen functional groups attached to an aromatic ring is 1. The Kier molecular flexibility index (Phi) is 7.65. The van der Waals surface area contributed by atoms with Gasteiger partial charge in [-0.05, 0) is 56.7 Å². The number of ether oxygens (including phenoxy) is 1. The van der Waals surface area contributed by atoms with Crippen LogP contribution in [0.3, 0.4) is 0 Å². The lowest BCUT2D eigenvalue weighted by molar-refractivity contribution is -0.125. The summed E-state index contributed by atoms with van der Waals surface area (Å²) in [6.45, 7) is 5.36. The fourth-order valence-corrected chi connectivity index (χ4v) is 4.10. The summed E-state index contributed by atoms with van der Waals surface area (Å²) < 4.78 is 7.28. The first-order valence-corrected chi connectivity index (χ1v) is 11.1. The molecule has 0 aliphatic carbocycles. The van der Waals surface area contributed by atoms with Gasteiger partial charge in [0.15, 0.2) is 0 Å². The van der Waals surface area contributed by atoms with Crippen LogP contribution in [-0.4, -0.2) is 46.2 Å². The monoisotopic (exact) mass is 457 g/mol. The van der Waals surface area contributed by atoms with E-state index in [4.69, 9.17) is 27.8 Å². The van der Waals surface area contributed by atoms with Crippen LogP contribution in [0, 0.1) is 11.8 Å². The lowest BCUT2D eigenvalue weighted by atomic mass is 10.1. The van der Waals surface area contributed by atoms with Gasteiger partial charge < -0.3 is 21.1 Å². The molecule has 0 saturated carbocycles. The molecule has 0 bridgehead atoms. The number of amides is 2. The van der Waals surface area contributed by atoms with Crippen molar-refractivity contribution in [1.29, 1.82) is 0 Å². The highest BCUT2D eigenvalue weighted by Gasteiger charge is 2.28. The van der Waals surface area contributed by atoms with E-state index < -0.39 is 5.91 Å². The second kappa shape index (κ2) is 10.4. The van der Waals surface area contributed by atoms with Crippen LogP contribution in [0.25, 0.3) is 11.3 Å². The van der Waals surface area contributed by atoms with E-state index in [-0.39, 0.29) is 23.3 Å². The predicted molar refractivity (Wildman–Crippen MR) is 124 cm³/mol. The summed E-state index contributed by atoms with van der Waals surface area (Å²) >= 11 is 6.38. The first kappa shape index (κ1) is 23.5. The molecule has 4 N–H and O–H groups in total. The van der Waals surface area contributed by atoms with Crippen molar-refractivity contribution in [2.45, 2.75) is 45.6 Å². The third-order valence-corrected chi connectivity index (χ3v) is 5.72. The number of rotatable bonds is 6. The Morgan fingerprint density at radius 3 is 2.75 bits per heavy atom. The van der Waals surface area contributed by atoms with Crippen molar-refractivity contribution in [3.8, 4) is 28.8 Å². The highest BCUT2D eigenvalue weighted by Crippen LogP contribution is 2.35. The molecular weight excluding hydrogens is 430 g/mol. The largest absolute Gasteiger partial charge is 0.492 e. The van der Waals surface area contributed by atoms with Crippen molar-refractivity contribution in [3.63, 3.8) is 0 Å². The molecule has 2 amide bonds. The van der Waals surface area contributed by atoms with E-state index >= 15 is 0 Å². The zero-order chi connectivity index (χ0) is 23.3. The fourth-order valence-electron chi connectivity index (χ4n) is 3.86. The molecule has 1 aliphatic rings. The summed E-state index contributed by atoms with van der Waals surface area (Å²) in [5.41, 5.74) is 13.2. The molecule has 0 unspecified atom stereocenters. The third-order valence-electron chi connectivity index (χ3n) is 5.42. The lowest BCUT2D eigenvalue weighted by Gasteiger charge is -2.18. The van der Waals surface area contributed by atoms with E-state index in [1.54, 1.807) is 34.7 Å². The van der Waals surface area contributed by atoms with E-state index in [9.17, 15) is 9.59 Å². The van der Waals surface area contributed by atoms with Gasteiger partial charge in [0, 0.05) is 18.7 Å². The maximum Gasteiger partial charge on any atom is 0.298 e. The van der Waals surface area contributed by atoms with Crippen LogP contribution >= 0.6 is 11.6 Å². The molecule has 170 valence electrons. The summed E-state index contributed by atoms with van der Waals surface area (Å²) in [4.78, 5) is 26.1. The second-order valence-corrected chi connectivity index (χ2v) is 8.07. The number of carbonyl (C=O) groups excluding carboxylic acids is 2. The molecule has 1 aromatic heterocycles. The average Bonchev–Trinajstić information content (AvgIpc) is 2.94. The van der Waals surface area contributed by atoms with Crippen LogP contribution in [-0.2, 0) is 4.79 Å². The molecule has 1 atom stereocenters. The van der Waals surface area contributed by atoms with Gasteiger partial charge in [0.2, 0.25) is 0 Å². The number of hydrogen-bond acceptors (Lipinski definition) is 5. The molecule has 2 aromatic rings. The highest BCUT2D eigenvalue weighted by atomic mass is 35.5. The summed E-state index contributed by atoms with van der Waals surface area (Å²) in [7, 11) is 0. The molecule has 3 rings (SSSR count). The first-order chi connectivity index (χ1) is 15.4. The molecule has 0 spiro atoms. The number of halogens is 1. The number of likely N-dealkylation sites (tertiary alicyclic amines) is 1. The molecule has 0 radical (unpaired) electrons. The number of benzene rings is 1. The molecule has 2 heterocycles. The number of anilines is 1. The second-order valence-electron chi connectivity index (χ2n) is 7.66. The number of primary amides is 1. The van der Waals surface area contributed by atoms with Gasteiger partial charge in [-0.25, -0.2) is 4.68 Å². The first-order valence-electron chi connectivity index (χ1n) is 10.7. The quantitative estimate of drug-likeness (QED) is 0.646. The molecule has 1 saturated heterocycles. The van der Waals surface area contributed by atoms with Crippen molar-refractivity contribution in [1.82, 2.24) is 14.7 Å². The smallest absolute Gasteiger partial charge is 0.298 e.